The van der Waals surface area contributed by atoms with Gasteiger partial charge in [-0.25, -0.2) is 0 Å². The highest BCUT2D eigenvalue weighted by Gasteiger charge is 2.42. The molecule has 1 fully saturated rings. The zero-order valence-corrected chi connectivity index (χ0v) is 8.32. The lowest BCUT2D eigenvalue weighted by Crippen LogP contribution is -2.38. The van der Waals surface area contributed by atoms with Crippen LogP contribution in [0.3, 0.4) is 0 Å². The fraction of sp³-hybridized carbons (Fsp3) is 0.800. The third kappa shape index (κ3) is 2.25. The molecule has 0 aromatic carbocycles. The monoisotopic (exact) mass is 200 g/mol. The Morgan fingerprint density at radius 2 is 2.00 bits per heavy atom. The summed E-state index contributed by atoms with van der Waals surface area (Å²) >= 11 is 0. The van der Waals surface area contributed by atoms with Crippen LogP contribution in [0.5, 0.6) is 0 Å². The van der Waals surface area contributed by atoms with Crippen molar-refractivity contribution >= 4 is 11.9 Å². The Labute approximate surface area is 82.9 Å². The summed E-state index contributed by atoms with van der Waals surface area (Å²) < 4.78 is 0. The first-order chi connectivity index (χ1) is 6.46. The molecule has 1 rings (SSSR count). The normalized spacial score (nSPS) is 32.5. The van der Waals surface area contributed by atoms with Gasteiger partial charge < -0.3 is 10.2 Å². The van der Waals surface area contributed by atoms with Crippen molar-refractivity contribution in [3.05, 3.63) is 0 Å². The van der Waals surface area contributed by atoms with E-state index >= 15 is 0 Å². The molecule has 0 aromatic rings. The van der Waals surface area contributed by atoms with Gasteiger partial charge in [0.2, 0.25) is 0 Å². The molecule has 0 amide bonds. The minimum Gasteiger partial charge on any atom is -0.481 e. The van der Waals surface area contributed by atoms with Crippen LogP contribution in [0.15, 0.2) is 0 Å². The van der Waals surface area contributed by atoms with Gasteiger partial charge in [0.05, 0.1) is 12.3 Å². The minimum atomic E-state index is -0.902. The predicted molar refractivity (Wildman–Crippen MR) is 50.0 cm³/mol. The summed E-state index contributed by atoms with van der Waals surface area (Å²) in [5.41, 5.74) is -0.560. The number of carboxylic acids is 2. The van der Waals surface area contributed by atoms with Crippen molar-refractivity contribution in [2.45, 2.75) is 39.0 Å². The molecular formula is C10H16O4. The van der Waals surface area contributed by atoms with Crippen LogP contribution in [0.4, 0.5) is 0 Å². The summed E-state index contributed by atoms with van der Waals surface area (Å²) in [7, 11) is 0. The number of hydrogen-bond acceptors (Lipinski definition) is 2. The third-order valence-corrected chi connectivity index (χ3v) is 3.19. The lowest BCUT2D eigenvalue weighted by atomic mass is 9.66. The van der Waals surface area contributed by atoms with Crippen LogP contribution in [0.25, 0.3) is 0 Å². The Morgan fingerprint density at radius 3 is 2.50 bits per heavy atom. The first-order valence-electron chi connectivity index (χ1n) is 4.90. The van der Waals surface area contributed by atoms with Gasteiger partial charge in [0.25, 0.3) is 0 Å². The van der Waals surface area contributed by atoms with Gasteiger partial charge in [-0.3, -0.25) is 9.59 Å². The van der Waals surface area contributed by atoms with Crippen molar-refractivity contribution in [3.63, 3.8) is 0 Å². The average molecular weight is 200 g/mol. The van der Waals surface area contributed by atoms with Crippen molar-refractivity contribution in [1.29, 1.82) is 0 Å². The summed E-state index contributed by atoms with van der Waals surface area (Å²) in [5.74, 6) is -2.25. The zero-order valence-electron chi connectivity index (χ0n) is 8.32. The summed E-state index contributed by atoms with van der Waals surface area (Å²) in [4.78, 5) is 21.6. The maximum Gasteiger partial charge on any atom is 0.307 e. The second-order valence-corrected chi connectivity index (χ2v) is 4.36. The standard InChI is InChI=1S/C10H16O4/c1-10(6-8(11)12)5-3-2-4-7(10)9(13)14/h7H,2-6H2,1H3,(H,11,12)(H,13,14)/t7-,10+/m1/s1. The lowest BCUT2D eigenvalue weighted by molar-refractivity contribution is -0.151. The molecule has 0 spiro atoms. The molecule has 1 aliphatic carbocycles. The highest BCUT2D eigenvalue weighted by Crippen LogP contribution is 2.43. The van der Waals surface area contributed by atoms with Gasteiger partial charge in [-0.05, 0) is 18.3 Å². The Bertz CT molecular complexity index is 249. The molecule has 0 unspecified atom stereocenters. The van der Waals surface area contributed by atoms with Gasteiger partial charge in [0.15, 0.2) is 0 Å². The van der Waals surface area contributed by atoms with Crippen molar-refractivity contribution < 1.29 is 19.8 Å². The van der Waals surface area contributed by atoms with E-state index in [2.05, 4.69) is 0 Å². The lowest BCUT2D eigenvalue weighted by Gasteiger charge is -2.37. The summed E-state index contributed by atoms with van der Waals surface area (Å²) in [6.07, 6.45) is 3.11. The Kier molecular flexibility index (Phi) is 3.13. The molecular weight excluding hydrogens is 184 g/mol. The van der Waals surface area contributed by atoms with E-state index < -0.39 is 23.3 Å². The highest BCUT2D eigenvalue weighted by atomic mass is 16.4. The van der Waals surface area contributed by atoms with Crippen LogP contribution in [0.2, 0.25) is 0 Å². The van der Waals surface area contributed by atoms with Gasteiger partial charge in [0.1, 0.15) is 0 Å². The van der Waals surface area contributed by atoms with E-state index in [0.717, 1.165) is 12.8 Å². The molecule has 4 nitrogen and oxygen atoms in total. The molecule has 1 aliphatic rings. The van der Waals surface area contributed by atoms with Gasteiger partial charge >= 0.3 is 11.9 Å². The molecule has 0 heterocycles. The molecule has 80 valence electrons. The van der Waals surface area contributed by atoms with Crippen LogP contribution >= 0.6 is 0 Å². The minimum absolute atomic E-state index is 0.0377. The predicted octanol–water partition coefficient (Wildman–Crippen LogP) is 1.74. The van der Waals surface area contributed by atoms with E-state index in [1.165, 1.54) is 0 Å². The number of carbonyl (C=O) groups is 2. The smallest absolute Gasteiger partial charge is 0.307 e. The quantitative estimate of drug-likeness (QED) is 0.727. The van der Waals surface area contributed by atoms with Crippen LogP contribution in [0, 0.1) is 11.3 Å². The maximum atomic E-state index is 11.0. The average Bonchev–Trinajstić information content (AvgIpc) is 2.01. The molecule has 14 heavy (non-hydrogen) atoms. The van der Waals surface area contributed by atoms with E-state index in [4.69, 9.17) is 10.2 Å². The van der Waals surface area contributed by atoms with Gasteiger partial charge in [-0.2, -0.15) is 0 Å². The summed E-state index contributed by atoms with van der Waals surface area (Å²) in [6, 6.07) is 0. The van der Waals surface area contributed by atoms with Crippen LogP contribution in [-0.2, 0) is 9.59 Å². The molecule has 0 aliphatic heterocycles. The second-order valence-electron chi connectivity index (χ2n) is 4.36. The molecule has 0 radical (unpaired) electrons. The van der Waals surface area contributed by atoms with E-state index in [9.17, 15) is 9.59 Å². The SMILES string of the molecule is C[C@@]1(CC(=O)O)CCCC[C@@H]1C(=O)O. The van der Waals surface area contributed by atoms with Crippen molar-refractivity contribution in [2.24, 2.45) is 11.3 Å². The molecule has 2 atom stereocenters. The molecule has 0 saturated heterocycles. The van der Waals surface area contributed by atoms with E-state index in [0.29, 0.717) is 12.8 Å². The number of hydrogen-bond donors (Lipinski definition) is 2. The number of carboxylic acid groups (broad SMARTS) is 2. The number of aliphatic carboxylic acids is 2. The number of rotatable bonds is 3. The highest BCUT2D eigenvalue weighted by molar-refractivity contribution is 5.74. The Hall–Kier alpha value is -1.06. The summed E-state index contributed by atoms with van der Waals surface area (Å²) in [5, 5.41) is 17.7. The van der Waals surface area contributed by atoms with E-state index in [-0.39, 0.29) is 6.42 Å². The fourth-order valence-electron chi connectivity index (χ4n) is 2.38. The Morgan fingerprint density at radius 1 is 1.36 bits per heavy atom. The Balaban J connectivity index is 2.79. The van der Waals surface area contributed by atoms with Crippen molar-refractivity contribution in [1.82, 2.24) is 0 Å². The van der Waals surface area contributed by atoms with Crippen LogP contribution in [0.1, 0.15) is 39.0 Å². The van der Waals surface area contributed by atoms with E-state index in [1.54, 1.807) is 6.92 Å². The first kappa shape index (κ1) is 11.0. The van der Waals surface area contributed by atoms with Crippen molar-refractivity contribution in [2.75, 3.05) is 0 Å². The topological polar surface area (TPSA) is 74.6 Å². The molecule has 0 aromatic heterocycles. The van der Waals surface area contributed by atoms with Gasteiger partial charge in [-0.15, -0.1) is 0 Å². The van der Waals surface area contributed by atoms with Crippen LogP contribution in [-0.4, -0.2) is 22.2 Å². The first-order valence-corrected chi connectivity index (χ1v) is 4.90. The molecule has 4 heteroatoms. The summed E-state index contributed by atoms with van der Waals surface area (Å²) in [6.45, 7) is 1.78. The van der Waals surface area contributed by atoms with Gasteiger partial charge in [0, 0.05) is 0 Å². The van der Waals surface area contributed by atoms with Crippen LogP contribution < -0.4 is 0 Å². The van der Waals surface area contributed by atoms with Gasteiger partial charge in [-0.1, -0.05) is 19.8 Å². The zero-order chi connectivity index (χ0) is 10.8. The maximum absolute atomic E-state index is 11.0. The third-order valence-electron chi connectivity index (χ3n) is 3.19. The molecule has 2 N–H and O–H groups in total. The largest absolute Gasteiger partial charge is 0.481 e. The van der Waals surface area contributed by atoms with Crippen molar-refractivity contribution in [3.8, 4) is 0 Å². The molecule has 1 saturated carbocycles. The van der Waals surface area contributed by atoms with E-state index in [1.807, 2.05) is 0 Å². The fourth-order valence-corrected chi connectivity index (χ4v) is 2.38. The molecule has 0 bridgehead atoms. The second kappa shape index (κ2) is 3.98.